The molecule has 0 radical (unpaired) electrons. The van der Waals surface area contributed by atoms with Crippen molar-refractivity contribution in [2.75, 3.05) is 18.4 Å². The fraction of sp³-hybridized carbons (Fsp3) is 0.471. The van der Waals surface area contributed by atoms with Crippen LogP contribution in [0.1, 0.15) is 31.4 Å². The van der Waals surface area contributed by atoms with Gasteiger partial charge in [0.25, 0.3) is 0 Å². The molecule has 1 aromatic heterocycles. The Bertz CT molecular complexity index is 788. The summed E-state index contributed by atoms with van der Waals surface area (Å²) < 4.78 is 40.7. The molecule has 10 heteroatoms. The first-order chi connectivity index (χ1) is 12.8. The third kappa shape index (κ3) is 4.59. The normalized spacial score (nSPS) is 17.7. The van der Waals surface area contributed by atoms with Crippen LogP contribution in [0.15, 0.2) is 30.9 Å². The molecule has 0 spiro atoms. The molecule has 146 valence electrons. The summed E-state index contributed by atoms with van der Waals surface area (Å²) in [5.74, 6) is -0.357. The molecule has 1 saturated heterocycles. The van der Waals surface area contributed by atoms with E-state index < -0.39 is 22.8 Å². The van der Waals surface area contributed by atoms with Crippen molar-refractivity contribution in [3.8, 4) is 0 Å². The smallest absolute Gasteiger partial charge is 0.325 e. The van der Waals surface area contributed by atoms with Gasteiger partial charge in [-0.2, -0.15) is 18.3 Å². The Kier molecular flexibility index (Phi) is 5.71. The maximum absolute atomic E-state index is 13.0. The minimum atomic E-state index is -4.58. The fourth-order valence-corrected chi connectivity index (χ4v) is 3.40. The molecule has 2 heterocycles. The number of carbonyl (C=O) groups excluding carboxylic acids is 1. The standard InChI is InChI=1S/C17H19ClF3N5O/c1-11(25-6-4-13(5-7-25)26-10-22-9-23-26)16(27)24-12-2-3-15(18)14(8-12)17(19,20)21/h2-3,8-11,13H,4-7H2,1H3,(H,24,27). The summed E-state index contributed by atoms with van der Waals surface area (Å²) in [6, 6.07) is 3.12. The molecular weight excluding hydrogens is 383 g/mol. The van der Waals surface area contributed by atoms with Gasteiger partial charge in [-0.25, -0.2) is 9.67 Å². The highest BCUT2D eigenvalue weighted by Gasteiger charge is 2.34. The summed E-state index contributed by atoms with van der Waals surface area (Å²) in [4.78, 5) is 18.4. The second kappa shape index (κ2) is 7.85. The first-order valence-corrected chi connectivity index (χ1v) is 8.89. The predicted molar refractivity (Wildman–Crippen MR) is 94.4 cm³/mol. The summed E-state index contributed by atoms with van der Waals surface area (Å²) in [5.41, 5.74) is -0.899. The Morgan fingerprint density at radius 1 is 1.33 bits per heavy atom. The van der Waals surface area contributed by atoms with Crippen LogP contribution in [0.2, 0.25) is 5.02 Å². The molecule has 1 unspecified atom stereocenters. The number of halogens is 4. The van der Waals surface area contributed by atoms with Crippen molar-refractivity contribution in [1.82, 2.24) is 19.7 Å². The lowest BCUT2D eigenvalue weighted by Gasteiger charge is -2.35. The molecule has 1 atom stereocenters. The van der Waals surface area contributed by atoms with E-state index in [0.29, 0.717) is 13.1 Å². The van der Waals surface area contributed by atoms with E-state index >= 15 is 0 Å². The summed E-state index contributed by atoms with van der Waals surface area (Å²) in [6.45, 7) is 3.12. The second-order valence-corrected chi connectivity index (χ2v) is 6.91. The summed E-state index contributed by atoms with van der Waals surface area (Å²) in [6.07, 6.45) is 0.228. The van der Waals surface area contributed by atoms with Gasteiger partial charge in [-0.15, -0.1) is 0 Å². The number of hydrogen-bond donors (Lipinski definition) is 1. The second-order valence-electron chi connectivity index (χ2n) is 6.50. The van der Waals surface area contributed by atoms with Gasteiger partial charge in [0.2, 0.25) is 5.91 Å². The first-order valence-electron chi connectivity index (χ1n) is 8.51. The quantitative estimate of drug-likeness (QED) is 0.850. The zero-order valence-corrected chi connectivity index (χ0v) is 15.3. The number of hydrogen-bond acceptors (Lipinski definition) is 4. The zero-order chi connectivity index (χ0) is 19.6. The Labute approximate surface area is 159 Å². The zero-order valence-electron chi connectivity index (χ0n) is 14.6. The van der Waals surface area contributed by atoms with Crippen LogP contribution in [0, 0.1) is 0 Å². The molecular formula is C17H19ClF3N5O. The number of likely N-dealkylation sites (tertiary alicyclic amines) is 1. The molecule has 0 aliphatic carbocycles. The number of nitrogens with one attached hydrogen (secondary N) is 1. The van der Waals surface area contributed by atoms with Gasteiger partial charge in [-0.05, 0) is 38.0 Å². The molecule has 27 heavy (non-hydrogen) atoms. The number of alkyl halides is 3. The molecule has 1 amide bonds. The molecule has 1 aromatic carbocycles. The molecule has 1 N–H and O–H groups in total. The fourth-order valence-electron chi connectivity index (χ4n) is 3.18. The molecule has 1 aliphatic rings. The number of carbonyl (C=O) groups is 1. The van der Waals surface area contributed by atoms with Crippen molar-refractivity contribution < 1.29 is 18.0 Å². The van der Waals surface area contributed by atoms with Gasteiger partial charge in [0, 0.05) is 18.8 Å². The van der Waals surface area contributed by atoms with Crippen LogP contribution < -0.4 is 5.32 Å². The van der Waals surface area contributed by atoms with Crippen LogP contribution in [0.25, 0.3) is 0 Å². The van der Waals surface area contributed by atoms with E-state index in [1.807, 2.05) is 9.58 Å². The maximum Gasteiger partial charge on any atom is 0.417 e. The Morgan fingerprint density at radius 3 is 2.63 bits per heavy atom. The average Bonchev–Trinajstić information content (AvgIpc) is 3.16. The first kappa shape index (κ1) is 19.6. The highest BCUT2D eigenvalue weighted by Crippen LogP contribution is 2.36. The van der Waals surface area contributed by atoms with Gasteiger partial charge >= 0.3 is 6.18 Å². The number of piperidine rings is 1. The number of benzene rings is 1. The van der Waals surface area contributed by atoms with Gasteiger partial charge in [-0.1, -0.05) is 11.6 Å². The van der Waals surface area contributed by atoms with Crippen LogP contribution in [0.4, 0.5) is 18.9 Å². The minimum absolute atomic E-state index is 0.0704. The molecule has 2 aromatic rings. The molecule has 6 nitrogen and oxygen atoms in total. The van der Waals surface area contributed by atoms with Crippen molar-refractivity contribution >= 4 is 23.2 Å². The Balaban J connectivity index is 1.60. The van der Waals surface area contributed by atoms with Crippen molar-refractivity contribution in [2.24, 2.45) is 0 Å². The van der Waals surface area contributed by atoms with Gasteiger partial charge in [0.1, 0.15) is 12.7 Å². The van der Waals surface area contributed by atoms with E-state index in [9.17, 15) is 18.0 Å². The predicted octanol–water partition coefficient (Wildman–Crippen LogP) is 3.61. The number of nitrogens with zero attached hydrogens (tertiary/aromatic N) is 4. The third-order valence-electron chi connectivity index (χ3n) is 4.78. The topological polar surface area (TPSA) is 63.1 Å². The Hall–Kier alpha value is -2.13. The average molecular weight is 402 g/mol. The SMILES string of the molecule is CC(C(=O)Nc1ccc(Cl)c(C(F)(F)F)c1)N1CCC(n2cncn2)CC1. The summed E-state index contributed by atoms with van der Waals surface area (Å²) in [7, 11) is 0. The highest BCUT2D eigenvalue weighted by molar-refractivity contribution is 6.31. The van der Waals surface area contributed by atoms with Gasteiger partial charge in [0.15, 0.2) is 0 Å². The Morgan fingerprint density at radius 2 is 2.04 bits per heavy atom. The van der Waals surface area contributed by atoms with Crippen LogP contribution >= 0.6 is 11.6 Å². The lowest BCUT2D eigenvalue weighted by atomic mass is 10.0. The lowest BCUT2D eigenvalue weighted by molar-refractivity contribution is -0.137. The third-order valence-corrected chi connectivity index (χ3v) is 5.11. The van der Waals surface area contributed by atoms with E-state index in [0.717, 1.165) is 25.0 Å². The number of rotatable bonds is 4. The van der Waals surface area contributed by atoms with E-state index in [-0.39, 0.29) is 17.6 Å². The highest BCUT2D eigenvalue weighted by atomic mass is 35.5. The van der Waals surface area contributed by atoms with Crippen LogP contribution in [0.5, 0.6) is 0 Å². The van der Waals surface area contributed by atoms with E-state index in [2.05, 4.69) is 15.4 Å². The van der Waals surface area contributed by atoms with Gasteiger partial charge < -0.3 is 5.32 Å². The van der Waals surface area contributed by atoms with Crippen molar-refractivity contribution in [3.63, 3.8) is 0 Å². The maximum atomic E-state index is 13.0. The monoisotopic (exact) mass is 401 g/mol. The van der Waals surface area contributed by atoms with E-state index in [1.165, 1.54) is 12.4 Å². The lowest BCUT2D eigenvalue weighted by Crippen LogP contribution is -2.46. The van der Waals surface area contributed by atoms with Crippen LogP contribution in [-0.2, 0) is 11.0 Å². The number of aromatic nitrogens is 3. The summed E-state index contributed by atoms with van der Waals surface area (Å²) >= 11 is 5.61. The molecule has 1 aliphatic heterocycles. The minimum Gasteiger partial charge on any atom is -0.325 e. The van der Waals surface area contributed by atoms with Crippen LogP contribution in [0.3, 0.4) is 0 Å². The van der Waals surface area contributed by atoms with Gasteiger partial charge in [0.05, 0.1) is 22.7 Å². The number of anilines is 1. The van der Waals surface area contributed by atoms with E-state index in [4.69, 9.17) is 11.6 Å². The summed E-state index contributed by atoms with van der Waals surface area (Å²) in [5, 5.41) is 6.29. The molecule has 3 rings (SSSR count). The van der Waals surface area contributed by atoms with Crippen molar-refractivity contribution in [3.05, 3.63) is 41.4 Å². The van der Waals surface area contributed by atoms with Gasteiger partial charge in [-0.3, -0.25) is 9.69 Å². The van der Waals surface area contributed by atoms with E-state index in [1.54, 1.807) is 13.3 Å². The van der Waals surface area contributed by atoms with Crippen molar-refractivity contribution in [2.45, 2.75) is 38.0 Å². The van der Waals surface area contributed by atoms with Crippen LogP contribution in [-0.4, -0.2) is 44.7 Å². The molecule has 0 bridgehead atoms. The number of amides is 1. The molecule has 1 fully saturated rings. The largest absolute Gasteiger partial charge is 0.417 e. The van der Waals surface area contributed by atoms with Crippen molar-refractivity contribution in [1.29, 1.82) is 0 Å². The molecule has 0 saturated carbocycles.